The first kappa shape index (κ1) is 22.2. The molecule has 2 aromatic carbocycles. The van der Waals surface area contributed by atoms with Gasteiger partial charge in [-0.1, -0.05) is 35.9 Å². The monoisotopic (exact) mass is 444 g/mol. The molecule has 1 aliphatic heterocycles. The summed E-state index contributed by atoms with van der Waals surface area (Å²) in [6.07, 6.45) is 1.87. The standard InChI is InChI=1S/C23H25ClN2O3S/c1-4-25-23-26(5-2)22(27)21(30-23)14-16-11-12-19(20(13-16)28-6-3)29-15-17-9-7-8-10-18(17)24/h7-14H,4-6,15H2,1-3H3/b21-14+,25-23?. The highest BCUT2D eigenvalue weighted by atomic mass is 35.5. The van der Waals surface area contributed by atoms with Crippen LogP contribution >= 0.6 is 23.4 Å². The summed E-state index contributed by atoms with van der Waals surface area (Å²) in [5.41, 5.74) is 1.77. The zero-order chi connectivity index (χ0) is 21.5. The topological polar surface area (TPSA) is 51.1 Å². The van der Waals surface area contributed by atoms with Crippen molar-refractivity contribution in [2.45, 2.75) is 27.4 Å². The molecule has 5 nitrogen and oxygen atoms in total. The van der Waals surface area contributed by atoms with Crippen molar-refractivity contribution in [3.63, 3.8) is 0 Å². The average molecular weight is 445 g/mol. The maximum atomic E-state index is 12.7. The number of benzene rings is 2. The lowest BCUT2D eigenvalue weighted by atomic mass is 10.1. The number of aliphatic imine (C=N–C) groups is 1. The van der Waals surface area contributed by atoms with E-state index >= 15 is 0 Å². The molecule has 1 aliphatic rings. The zero-order valence-corrected chi connectivity index (χ0v) is 18.9. The minimum Gasteiger partial charge on any atom is -0.490 e. The Balaban J connectivity index is 1.82. The van der Waals surface area contributed by atoms with Crippen molar-refractivity contribution >= 4 is 40.5 Å². The molecule has 0 unspecified atom stereocenters. The molecule has 0 aliphatic carbocycles. The third kappa shape index (κ3) is 5.18. The Bertz CT molecular complexity index is 975. The van der Waals surface area contributed by atoms with Gasteiger partial charge in [-0.3, -0.25) is 14.7 Å². The molecule has 30 heavy (non-hydrogen) atoms. The van der Waals surface area contributed by atoms with Crippen LogP contribution in [0.25, 0.3) is 6.08 Å². The molecule has 0 aromatic heterocycles. The van der Waals surface area contributed by atoms with E-state index in [9.17, 15) is 4.79 Å². The van der Waals surface area contributed by atoms with Crippen molar-refractivity contribution in [1.29, 1.82) is 0 Å². The van der Waals surface area contributed by atoms with Crippen molar-refractivity contribution in [3.05, 3.63) is 63.5 Å². The van der Waals surface area contributed by atoms with Gasteiger partial charge in [0.25, 0.3) is 5.91 Å². The fourth-order valence-corrected chi connectivity index (χ4v) is 4.26. The zero-order valence-electron chi connectivity index (χ0n) is 17.4. The second-order valence-electron chi connectivity index (χ2n) is 6.44. The number of thioether (sulfide) groups is 1. The molecule has 1 fully saturated rings. The fraction of sp³-hybridized carbons (Fsp3) is 0.304. The Kier molecular flexibility index (Phi) is 7.82. The van der Waals surface area contributed by atoms with Crippen LogP contribution in [0, 0.1) is 0 Å². The van der Waals surface area contributed by atoms with Crippen molar-refractivity contribution in [2.75, 3.05) is 19.7 Å². The van der Waals surface area contributed by atoms with Crippen LogP contribution in [0.5, 0.6) is 11.5 Å². The molecule has 0 N–H and O–H groups in total. The van der Waals surface area contributed by atoms with E-state index in [1.165, 1.54) is 11.8 Å². The van der Waals surface area contributed by atoms with E-state index < -0.39 is 0 Å². The number of amidine groups is 1. The van der Waals surface area contributed by atoms with Crippen LogP contribution in [0.3, 0.4) is 0 Å². The summed E-state index contributed by atoms with van der Waals surface area (Å²) in [7, 11) is 0. The number of ether oxygens (including phenoxy) is 2. The molecule has 0 atom stereocenters. The quantitative estimate of drug-likeness (QED) is 0.495. The Morgan fingerprint density at radius 2 is 1.90 bits per heavy atom. The highest BCUT2D eigenvalue weighted by Gasteiger charge is 2.31. The van der Waals surface area contributed by atoms with E-state index in [1.54, 1.807) is 4.90 Å². The van der Waals surface area contributed by atoms with E-state index in [4.69, 9.17) is 21.1 Å². The number of hydrogen-bond donors (Lipinski definition) is 0. The number of carbonyl (C=O) groups excluding carboxylic acids is 1. The Morgan fingerprint density at radius 1 is 1.10 bits per heavy atom. The van der Waals surface area contributed by atoms with Crippen molar-refractivity contribution in [2.24, 2.45) is 4.99 Å². The second kappa shape index (κ2) is 10.5. The summed E-state index contributed by atoms with van der Waals surface area (Å²) in [4.78, 5) is 19.5. The van der Waals surface area contributed by atoms with Gasteiger partial charge in [-0.15, -0.1) is 0 Å². The largest absolute Gasteiger partial charge is 0.490 e. The number of amides is 1. The van der Waals surface area contributed by atoms with Crippen LogP contribution in [-0.4, -0.2) is 35.7 Å². The molecular formula is C23H25ClN2O3S. The summed E-state index contributed by atoms with van der Waals surface area (Å²) in [5.74, 6) is 1.24. The van der Waals surface area contributed by atoms with Gasteiger partial charge in [0.2, 0.25) is 0 Å². The molecule has 0 bridgehead atoms. The normalized spacial score (nSPS) is 16.5. The van der Waals surface area contributed by atoms with Gasteiger partial charge in [0.15, 0.2) is 16.7 Å². The van der Waals surface area contributed by atoms with Crippen molar-refractivity contribution in [1.82, 2.24) is 4.90 Å². The second-order valence-corrected chi connectivity index (χ2v) is 7.85. The predicted molar refractivity (Wildman–Crippen MR) is 124 cm³/mol. The van der Waals surface area contributed by atoms with Gasteiger partial charge in [-0.2, -0.15) is 0 Å². The maximum absolute atomic E-state index is 12.7. The Labute approximate surface area is 186 Å². The fourth-order valence-electron chi connectivity index (χ4n) is 2.96. The van der Waals surface area contributed by atoms with Gasteiger partial charge in [0.1, 0.15) is 6.61 Å². The van der Waals surface area contributed by atoms with Gasteiger partial charge < -0.3 is 9.47 Å². The third-order valence-electron chi connectivity index (χ3n) is 4.40. The number of carbonyl (C=O) groups is 1. The molecule has 2 aromatic rings. The van der Waals surface area contributed by atoms with Crippen LogP contribution in [0.2, 0.25) is 5.02 Å². The molecule has 1 heterocycles. The third-order valence-corrected chi connectivity index (χ3v) is 5.82. The SMILES string of the molecule is CCN=C1S/C(=C/c2ccc(OCc3ccccc3Cl)c(OCC)c2)C(=O)N1CC. The minimum atomic E-state index is -0.0216. The molecule has 1 amide bonds. The van der Waals surface area contributed by atoms with Crippen LogP contribution in [-0.2, 0) is 11.4 Å². The lowest BCUT2D eigenvalue weighted by molar-refractivity contribution is -0.122. The molecule has 1 saturated heterocycles. The number of nitrogens with zero attached hydrogens (tertiary/aromatic N) is 2. The van der Waals surface area contributed by atoms with Gasteiger partial charge in [0.05, 0.1) is 11.5 Å². The molecule has 3 rings (SSSR count). The molecule has 0 saturated carbocycles. The summed E-state index contributed by atoms with van der Waals surface area (Å²) in [5, 5.41) is 1.42. The molecular weight excluding hydrogens is 420 g/mol. The summed E-state index contributed by atoms with van der Waals surface area (Å²) in [6.45, 7) is 7.93. The van der Waals surface area contributed by atoms with Crippen LogP contribution in [0.15, 0.2) is 52.4 Å². The highest BCUT2D eigenvalue weighted by molar-refractivity contribution is 8.18. The van der Waals surface area contributed by atoms with Crippen LogP contribution in [0.1, 0.15) is 31.9 Å². The van der Waals surface area contributed by atoms with Gasteiger partial charge in [-0.05, 0) is 62.4 Å². The molecule has 158 valence electrons. The summed E-state index contributed by atoms with van der Waals surface area (Å²) in [6, 6.07) is 13.2. The first-order valence-corrected chi connectivity index (χ1v) is 11.2. The van der Waals surface area contributed by atoms with Crippen LogP contribution in [0.4, 0.5) is 0 Å². The molecule has 0 radical (unpaired) electrons. The van der Waals surface area contributed by atoms with E-state index in [1.807, 2.05) is 69.3 Å². The Hall–Kier alpha value is -2.44. The number of rotatable bonds is 8. The lowest BCUT2D eigenvalue weighted by Crippen LogP contribution is -2.28. The van der Waals surface area contributed by atoms with Gasteiger partial charge in [-0.25, -0.2) is 0 Å². The van der Waals surface area contributed by atoms with E-state index in [-0.39, 0.29) is 5.91 Å². The molecule has 7 heteroatoms. The number of hydrogen-bond acceptors (Lipinski definition) is 5. The first-order valence-electron chi connectivity index (χ1n) is 9.96. The van der Waals surface area contributed by atoms with E-state index in [0.29, 0.717) is 47.7 Å². The minimum absolute atomic E-state index is 0.0216. The summed E-state index contributed by atoms with van der Waals surface area (Å²) >= 11 is 7.62. The summed E-state index contributed by atoms with van der Waals surface area (Å²) < 4.78 is 11.7. The van der Waals surface area contributed by atoms with Crippen molar-refractivity contribution in [3.8, 4) is 11.5 Å². The van der Waals surface area contributed by atoms with Gasteiger partial charge >= 0.3 is 0 Å². The average Bonchev–Trinajstić information content (AvgIpc) is 3.03. The lowest BCUT2D eigenvalue weighted by Gasteiger charge is -2.13. The smallest absolute Gasteiger partial charge is 0.266 e. The van der Waals surface area contributed by atoms with Crippen LogP contribution < -0.4 is 9.47 Å². The number of halogens is 1. The van der Waals surface area contributed by atoms with Crippen molar-refractivity contribution < 1.29 is 14.3 Å². The molecule has 0 spiro atoms. The van der Waals surface area contributed by atoms with Gasteiger partial charge in [0, 0.05) is 23.7 Å². The predicted octanol–water partition coefficient (Wildman–Crippen LogP) is 5.63. The first-order chi connectivity index (χ1) is 14.6. The Morgan fingerprint density at radius 3 is 2.60 bits per heavy atom. The van der Waals surface area contributed by atoms with E-state index in [0.717, 1.165) is 16.3 Å². The maximum Gasteiger partial charge on any atom is 0.266 e. The number of likely N-dealkylation sites (N-methyl/N-ethyl adjacent to an activating group) is 1. The highest BCUT2D eigenvalue weighted by Crippen LogP contribution is 2.35. The van der Waals surface area contributed by atoms with E-state index in [2.05, 4.69) is 4.99 Å².